The molecule has 0 aromatic heterocycles. The Balaban J connectivity index is 1.64. The summed E-state index contributed by atoms with van der Waals surface area (Å²) in [6.07, 6.45) is 4.61. The summed E-state index contributed by atoms with van der Waals surface area (Å²) in [5, 5.41) is 0. The Morgan fingerprint density at radius 2 is 2.11 bits per heavy atom. The fraction of sp³-hybridized carbons (Fsp3) is 0.571. The summed E-state index contributed by atoms with van der Waals surface area (Å²) in [6.45, 7) is 0.637. The molecule has 1 heterocycles. The van der Waals surface area contributed by atoms with Gasteiger partial charge in [0.15, 0.2) is 6.29 Å². The molecule has 3 nitrogen and oxygen atoms in total. The van der Waals surface area contributed by atoms with Crippen LogP contribution in [0.5, 0.6) is 0 Å². The van der Waals surface area contributed by atoms with Crippen molar-refractivity contribution in [3.05, 3.63) is 35.9 Å². The minimum absolute atomic E-state index is 0.0268. The fourth-order valence-corrected chi connectivity index (χ4v) is 2.74. The predicted octanol–water partition coefficient (Wildman–Crippen LogP) is 3.34. The first-order chi connectivity index (χ1) is 8.88. The lowest BCUT2D eigenvalue weighted by molar-refractivity contribution is -0.140. The summed E-state index contributed by atoms with van der Waals surface area (Å²) in [5.41, 5.74) is 1.20. The Morgan fingerprint density at radius 1 is 1.28 bits per heavy atom. The highest BCUT2D eigenvalue weighted by Crippen LogP contribution is 2.26. The van der Waals surface area contributed by atoms with E-state index in [1.807, 2.05) is 18.2 Å². The molecule has 4 heteroatoms. The second kappa shape index (κ2) is 7.85. The minimum atomic E-state index is -0.0268. The normalized spacial score (nSPS) is 24.1. The van der Waals surface area contributed by atoms with E-state index in [4.69, 9.17) is 14.0 Å². The monoisotopic (exact) mass is 268 g/mol. The standard InChI is InChI=1S/C14H21O3P/c1-15-18-10-9-13-7-8-14(17-13)16-11-12-5-3-2-4-6-12/h2-6,13-14,18H,7-11H2,1H3. The Hall–Kier alpha value is -0.470. The van der Waals surface area contributed by atoms with Gasteiger partial charge in [-0.3, -0.25) is 0 Å². The molecule has 1 fully saturated rings. The van der Waals surface area contributed by atoms with Crippen LogP contribution in [0.2, 0.25) is 0 Å². The maximum Gasteiger partial charge on any atom is 0.158 e. The first kappa shape index (κ1) is 14.0. The van der Waals surface area contributed by atoms with E-state index in [0.29, 0.717) is 21.5 Å². The second-order valence-corrected chi connectivity index (χ2v) is 5.65. The summed E-state index contributed by atoms with van der Waals surface area (Å²) in [5.74, 6) is 0. The molecule has 0 saturated carbocycles. The topological polar surface area (TPSA) is 27.7 Å². The van der Waals surface area contributed by atoms with Gasteiger partial charge in [-0.2, -0.15) is 0 Å². The van der Waals surface area contributed by atoms with Crippen molar-refractivity contribution in [2.75, 3.05) is 13.3 Å². The average molecular weight is 268 g/mol. The van der Waals surface area contributed by atoms with Crippen LogP contribution in [-0.2, 0) is 20.6 Å². The van der Waals surface area contributed by atoms with Gasteiger partial charge in [0.1, 0.15) is 0 Å². The Morgan fingerprint density at radius 3 is 2.89 bits per heavy atom. The molecule has 1 aromatic carbocycles. The van der Waals surface area contributed by atoms with E-state index in [-0.39, 0.29) is 6.29 Å². The molecule has 0 radical (unpaired) electrons. The number of benzene rings is 1. The lowest BCUT2D eigenvalue weighted by atomic mass is 10.2. The van der Waals surface area contributed by atoms with E-state index in [0.717, 1.165) is 25.4 Å². The molecular formula is C14H21O3P. The van der Waals surface area contributed by atoms with Crippen LogP contribution in [0.3, 0.4) is 0 Å². The molecule has 100 valence electrons. The van der Waals surface area contributed by atoms with Crippen LogP contribution < -0.4 is 0 Å². The molecule has 0 amide bonds. The maximum atomic E-state index is 5.86. The van der Waals surface area contributed by atoms with Gasteiger partial charge in [-0.15, -0.1) is 0 Å². The summed E-state index contributed by atoms with van der Waals surface area (Å²) in [4.78, 5) is 0. The average Bonchev–Trinajstić information content (AvgIpc) is 2.86. The largest absolute Gasteiger partial charge is 0.366 e. The van der Waals surface area contributed by atoms with Crippen LogP contribution in [0.1, 0.15) is 24.8 Å². The third-order valence-electron chi connectivity index (χ3n) is 3.06. The predicted molar refractivity (Wildman–Crippen MR) is 73.9 cm³/mol. The zero-order chi connectivity index (χ0) is 12.6. The van der Waals surface area contributed by atoms with Crippen molar-refractivity contribution in [2.45, 2.75) is 38.3 Å². The van der Waals surface area contributed by atoms with Crippen LogP contribution in [0.15, 0.2) is 30.3 Å². The fourth-order valence-electron chi connectivity index (χ4n) is 2.09. The van der Waals surface area contributed by atoms with Crippen molar-refractivity contribution in [1.82, 2.24) is 0 Å². The third-order valence-corrected chi connectivity index (χ3v) is 3.84. The Kier molecular flexibility index (Phi) is 6.09. The first-order valence-corrected chi connectivity index (χ1v) is 7.57. The molecule has 3 atom stereocenters. The van der Waals surface area contributed by atoms with Gasteiger partial charge in [0.2, 0.25) is 0 Å². The third kappa shape index (κ3) is 4.66. The lowest BCUT2D eigenvalue weighted by Crippen LogP contribution is -2.14. The Bertz CT molecular complexity index is 331. The van der Waals surface area contributed by atoms with Crippen LogP contribution in [0.25, 0.3) is 0 Å². The van der Waals surface area contributed by atoms with Crippen molar-refractivity contribution >= 4 is 8.81 Å². The molecule has 3 unspecified atom stereocenters. The van der Waals surface area contributed by atoms with Crippen molar-refractivity contribution in [1.29, 1.82) is 0 Å². The highest BCUT2D eigenvalue weighted by atomic mass is 31.1. The summed E-state index contributed by atoms with van der Waals surface area (Å²) in [6, 6.07) is 10.2. The summed E-state index contributed by atoms with van der Waals surface area (Å²) < 4.78 is 16.7. The number of hydrogen-bond donors (Lipinski definition) is 0. The molecule has 1 aliphatic heterocycles. The van der Waals surface area contributed by atoms with Gasteiger partial charge < -0.3 is 14.0 Å². The van der Waals surface area contributed by atoms with Crippen LogP contribution in [0, 0.1) is 0 Å². The summed E-state index contributed by atoms with van der Waals surface area (Å²) in [7, 11) is 2.34. The molecule has 0 spiro atoms. The second-order valence-electron chi connectivity index (χ2n) is 4.45. The highest BCUT2D eigenvalue weighted by Gasteiger charge is 2.25. The highest BCUT2D eigenvalue weighted by molar-refractivity contribution is 7.32. The zero-order valence-corrected chi connectivity index (χ0v) is 11.8. The van der Waals surface area contributed by atoms with Crippen LogP contribution in [-0.4, -0.2) is 25.7 Å². The molecule has 1 aromatic rings. The molecule has 1 aliphatic rings. The van der Waals surface area contributed by atoms with Crippen LogP contribution in [0.4, 0.5) is 0 Å². The zero-order valence-electron chi connectivity index (χ0n) is 10.8. The molecule has 0 N–H and O–H groups in total. The molecule has 0 bridgehead atoms. The van der Waals surface area contributed by atoms with Gasteiger partial charge in [0, 0.05) is 22.3 Å². The van der Waals surface area contributed by atoms with E-state index >= 15 is 0 Å². The smallest absolute Gasteiger partial charge is 0.158 e. The first-order valence-electron chi connectivity index (χ1n) is 6.45. The Labute approximate surface area is 111 Å². The molecule has 2 rings (SSSR count). The lowest BCUT2D eigenvalue weighted by Gasteiger charge is -2.14. The van der Waals surface area contributed by atoms with Gasteiger partial charge in [-0.25, -0.2) is 0 Å². The molecule has 18 heavy (non-hydrogen) atoms. The van der Waals surface area contributed by atoms with Gasteiger partial charge >= 0.3 is 0 Å². The van der Waals surface area contributed by atoms with Gasteiger partial charge in [0.25, 0.3) is 0 Å². The van der Waals surface area contributed by atoms with Crippen LogP contribution >= 0.6 is 8.81 Å². The number of rotatable bonds is 7. The SMILES string of the molecule is COPCCC1CCC(OCc2ccccc2)O1. The van der Waals surface area contributed by atoms with E-state index in [2.05, 4.69) is 12.1 Å². The maximum absolute atomic E-state index is 5.86. The minimum Gasteiger partial charge on any atom is -0.366 e. The van der Waals surface area contributed by atoms with Crippen molar-refractivity contribution in [3.63, 3.8) is 0 Å². The van der Waals surface area contributed by atoms with Gasteiger partial charge in [-0.1, -0.05) is 30.3 Å². The van der Waals surface area contributed by atoms with Gasteiger partial charge in [0.05, 0.1) is 12.7 Å². The van der Waals surface area contributed by atoms with Gasteiger partial charge in [-0.05, 0) is 24.6 Å². The molecule has 1 saturated heterocycles. The number of hydrogen-bond acceptors (Lipinski definition) is 3. The van der Waals surface area contributed by atoms with E-state index in [9.17, 15) is 0 Å². The van der Waals surface area contributed by atoms with E-state index < -0.39 is 0 Å². The van der Waals surface area contributed by atoms with E-state index in [1.165, 1.54) is 5.56 Å². The van der Waals surface area contributed by atoms with Crippen molar-refractivity contribution in [2.24, 2.45) is 0 Å². The quantitative estimate of drug-likeness (QED) is 0.560. The van der Waals surface area contributed by atoms with Crippen molar-refractivity contribution < 1.29 is 14.0 Å². The van der Waals surface area contributed by atoms with E-state index in [1.54, 1.807) is 7.11 Å². The molecule has 0 aliphatic carbocycles. The van der Waals surface area contributed by atoms with Crippen molar-refractivity contribution in [3.8, 4) is 0 Å². The molecular weight excluding hydrogens is 247 g/mol. The number of ether oxygens (including phenoxy) is 2. The summed E-state index contributed by atoms with van der Waals surface area (Å²) >= 11 is 0.